The molecule has 6 atom stereocenters. The lowest BCUT2D eigenvalue weighted by molar-refractivity contribution is -0.485. The summed E-state index contributed by atoms with van der Waals surface area (Å²) in [5, 5.41) is 90.7. The number of pyridine rings is 2. The van der Waals surface area contributed by atoms with Crippen LogP contribution in [0, 0.1) is 30.3 Å². The van der Waals surface area contributed by atoms with Gasteiger partial charge in [-0.3, -0.25) is 82.7 Å². The number of carbonyl (C=O) groups excluding carboxylic acids is 7. The molecular weight excluding hydrogens is 1630 g/mol. The molecule has 0 saturated carbocycles. The highest BCUT2D eigenvalue weighted by Gasteiger charge is 2.35. The number of carboxylic acid groups (broad SMARTS) is 2. The van der Waals surface area contributed by atoms with Crippen LogP contribution in [0.15, 0.2) is 91.1 Å². The lowest BCUT2D eigenvalue weighted by Gasteiger charge is -2.33. The molecule has 1 saturated heterocycles. The SMILES string of the molecule is NC(=O)[C@H](CCCN/C(N)=N/[N+](=O)[O-])NC(=O)[C@@H](CCCN=C(N)N)NC(=O)[C@H](CCCN/C(N)=N/[N+](=O)[O-])NC(=O)[C@@H](CCCN=C(N)N)NC(=O)[C@H](CCCN/C(N)=N/[N+](=O)[O-])NC(=O)[C@@H](CCCN=C(N)N)NC(=O)c1ccc(-c2cc3nc(c2)Cn2nncc2-c2cccc(n2)CN2CCN(CC(=O)O)CCN(CCN(CC(=O)O)CC2)C3)cc1. The average Bonchev–Trinajstić information content (AvgIpc) is 1.43. The number of hydrogen-bond donors (Lipinski definition) is 21. The Balaban J connectivity index is 1.34. The van der Waals surface area contributed by atoms with E-state index in [1.54, 1.807) is 23.0 Å². The van der Waals surface area contributed by atoms with Crippen LogP contribution in [0.25, 0.3) is 22.5 Å². The standard InChI is InChI=1S/C70H109N37O17/c71-58(112)49(10-2-23-84-68(78)96-105(119)120)90-60(114)51(12-4-21-82-66(74)75)92-63(117)54(15-7-25-86-70(80)98-107(123)124)95-62(116)52(13-5-22-83-67(76)77)94-64(118)53(14-6-24-85-69(79)97-106(121)122)93-61(115)50(11-3-20-81-65(72)73)91-59(113)43-18-16-42(17-19-43)44-34-46-38-101-28-32-102(40-56(108)109)30-26-100(27-31-103(33-29-101)41-57(110)111)37-45-8-1-9-48(89-45)55-36-87-99-104(55)39-47(35-44)88-46/h1,8-9,16-19,34-36,49-54H,2-7,10-15,20-33,37-41H2,(H2,71,112)(H,90,114)(H,91,113)(H,92,117)(H,93,115)(H,94,118)(H,95,116)(H,108,109)(H,110,111)(H4,72,73,81)(H4,74,75,82)(H4,76,77,83)(H3,78,84,96)(H3,79,85,97)(H3,80,86,98)/t49-,50+,51+,52+,53-,54-/m0/s1. The van der Waals surface area contributed by atoms with Gasteiger partial charge in [-0.25, -0.2) is 40.0 Å². The largest absolute Gasteiger partial charge is 0.480 e. The van der Waals surface area contributed by atoms with Crippen molar-refractivity contribution in [2.45, 2.75) is 133 Å². The zero-order valence-electron chi connectivity index (χ0n) is 68.0. The first kappa shape index (κ1) is 98.4. The second-order valence-corrected chi connectivity index (χ2v) is 28.6. The molecule has 0 radical (unpaired) electrons. The summed E-state index contributed by atoms with van der Waals surface area (Å²) < 4.78 is 1.67. The number of primary amides is 1. The summed E-state index contributed by atoms with van der Waals surface area (Å²) in [6.07, 6.45) is -0.205. The van der Waals surface area contributed by atoms with Crippen LogP contribution in [0.3, 0.4) is 0 Å². The fourth-order valence-electron chi connectivity index (χ4n) is 13.0. The summed E-state index contributed by atoms with van der Waals surface area (Å²) in [4.78, 5) is 189. The van der Waals surface area contributed by atoms with E-state index in [2.05, 4.69) is 98.2 Å². The zero-order chi connectivity index (χ0) is 90.8. The Morgan fingerprint density at radius 1 is 0.435 bits per heavy atom. The van der Waals surface area contributed by atoms with Crippen LogP contribution in [0.2, 0.25) is 0 Å². The first-order valence-electron chi connectivity index (χ1n) is 39.3. The molecule has 7 amide bonds. The summed E-state index contributed by atoms with van der Waals surface area (Å²) in [5.41, 5.74) is 60.4. The summed E-state index contributed by atoms with van der Waals surface area (Å²) in [6, 6.07) is 6.14. The molecule has 3 aliphatic rings. The molecule has 54 nitrogen and oxygen atoms in total. The van der Waals surface area contributed by atoms with Crippen molar-refractivity contribution in [3.8, 4) is 22.5 Å². The van der Waals surface area contributed by atoms with E-state index in [4.69, 9.17) is 67.3 Å². The van der Waals surface area contributed by atoms with Crippen LogP contribution >= 0.6 is 0 Å². The Morgan fingerprint density at radius 3 is 1.18 bits per heavy atom. The highest BCUT2D eigenvalue weighted by Crippen LogP contribution is 2.26. The topological polar surface area (TPSA) is 836 Å². The van der Waals surface area contributed by atoms with Gasteiger partial charge in [0.25, 0.3) is 23.8 Å². The number of carboxylic acids is 2. The monoisotopic (exact) mass is 1740 g/mol. The highest BCUT2D eigenvalue weighted by atomic mass is 16.7. The molecule has 4 aromatic rings. The van der Waals surface area contributed by atoms with Gasteiger partial charge in [-0.2, -0.15) is 0 Å². The first-order chi connectivity index (χ1) is 59.0. The summed E-state index contributed by atoms with van der Waals surface area (Å²) in [6.45, 7) is 2.54. The van der Waals surface area contributed by atoms with Crippen LogP contribution in [0.4, 0.5) is 0 Å². The minimum absolute atomic E-state index is 0.00759. The minimum atomic E-state index is -1.67. The van der Waals surface area contributed by atoms with Gasteiger partial charge in [0.2, 0.25) is 35.4 Å². The molecule has 0 spiro atoms. The number of amides is 7. The smallest absolute Gasteiger partial charge is 0.317 e. The van der Waals surface area contributed by atoms with E-state index >= 15 is 4.79 Å². The van der Waals surface area contributed by atoms with E-state index in [1.807, 2.05) is 40.1 Å². The maximum Gasteiger partial charge on any atom is 0.317 e. The minimum Gasteiger partial charge on any atom is -0.480 e. The molecule has 54 heteroatoms. The number of fused-ring (bicyclic) bond motifs is 8. The number of hydrazone groups is 3. The Hall–Kier alpha value is -14.5. The van der Waals surface area contributed by atoms with Gasteiger partial charge in [0.1, 0.15) is 57.2 Å². The number of rotatable bonds is 45. The molecule has 3 aliphatic heterocycles. The number of hydrogen-bond acceptors (Lipinski definition) is 26. The van der Waals surface area contributed by atoms with Crippen molar-refractivity contribution in [1.82, 2.24) is 92.4 Å². The molecule has 3 aromatic heterocycles. The van der Waals surface area contributed by atoms with Gasteiger partial charge in [-0.15, -0.1) is 5.10 Å². The van der Waals surface area contributed by atoms with Crippen molar-refractivity contribution < 1.29 is 68.5 Å². The van der Waals surface area contributed by atoms with Crippen molar-refractivity contribution in [2.24, 2.45) is 87.6 Å². The first-order valence-corrected chi connectivity index (χ1v) is 39.3. The maximum atomic E-state index is 15.1. The third-order valence-electron chi connectivity index (χ3n) is 19.0. The van der Waals surface area contributed by atoms with E-state index in [-0.39, 0.29) is 166 Å². The van der Waals surface area contributed by atoms with Crippen molar-refractivity contribution >= 4 is 89.0 Å². The van der Waals surface area contributed by atoms with E-state index in [0.717, 1.165) is 0 Å². The predicted octanol–water partition coefficient (Wildman–Crippen LogP) is -8.35. The number of aliphatic carboxylic acids is 2. The van der Waals surface area contributed by atoms with Gasteiger partial charge in [0.15, 0.2) is 33.0 Å². The molecule has 6 heterocycles. The number of nitro groups is 3. The van der Waals surface area contributed by atoms with E-state index in [9.17, 15) is 78.9 Å². The summed E-state index contributed by atoms with van der Waals surface area (Å²) >= 11 is 0. The summed E-state index contributed by atoms with van der Waals surface area (Å²) in [5.74, 6) is -11.8. The molecule has 0 unspecified atom stereocenters. The van der Waals surface area contributed by atoms with Gasteiger partial charge in [-0.05, 0) is 125 Å². The molecule has 676 valence electrons. The van der Waals surface area contributed by atoms with Crippen LogP contribution in [0.1, 0.15) is 104 Å². The van der Waals surface area contributed by atoms with Crippen LogP contribution in [-0.2, 0) is 58.0 Å². The van der Waals surface area contributed by atoms with Gasteiger partial charge >= 0.3 is 11.9 Å². The van der Waals surface area contributed by atoms with Gasteiger partial charge in [0, 0.05) is 110 Å². The van der Waals surface area contributed by atoms with Crippen LogP contribution in [-0.4, -0.2) is 300 Å². The highest BCUT2D eigenvalue weighted by molar-refractivity contribution is 6.00. The fourth-order valence-corrected chi connectivity index (χ4v) is 13.0. The Labute approximate surface area is 708 Å². The van der Waals surface area contributed by atoms with E-state index in [0.29, 0.717) is 98.5 Å². The Kier molecular flexibility index (Phi) is 40.6. The van der Waals surface area contributed by atoms with Crippen molar-refractivity contribution in [3.05, 3.63) is 114 Å². The Morgan fingerprint density at radius 2 is 0.798 bits per heavy atom. The predicted molar refractivity (Wildman–Crippen MR) is 448 cm³/mol. The molecule has 6 bridgehead atoms. The molecule has 1 fully saturated rings. The van der Waals surface area contributed by atoms with E-state index < -0.39 is 123 Å². The second kappa shape index (κ2) is 51.2. The van der Waals surface area contributed by atoms with Crippen molar-refractivity contribution in [3.63, 3.8) is 0 Å². The third-order valence-corrected chi connectivity index (χ3v) is 19.0. The Bertz CT molecular complexity index is 4460. The summed E-state index contributed by atoms with van der Waals surface area (Å²) in [7, 11) is 0. The number of carbonyl (C=O) groups is 9. The number of aromatic nitrogens is 5. The number of nitrogens with two attached hydrogens (primary N) is 10. The number of nitrogens with zero attached hydrogens (tertiary/aromatic N) is 18. The lowest BCUT2D eigenvalue weighted by Crippen LogP contribution is -2.59. The number of benzene rings is 1. The van der Waals surface area contributed by atoms with Crippen molar-refractivity contribution in [2.75, 3.05) is 105 Å². The van der Waals surface area contributed by atoms with Gasteiger partial charge < -0.3 is 115 Å². The van der Waals surface area contributed by atoms with Crippen molar-refractivity contribution in [1.29, 1.82) is 0 Å². The van der Waals surface area contributed by atoms with Gasteiger partial charge in [0.05, 0.1) is 48.6 Å². The zero-order valence-corrected chi connectivity index (χ0v) is 68.0. The quantitative estimate of drug-likeness (QED) is 0.00642. The van der Waals surface area contributed by atoms with Crippen LogP contribution in [0.5, 0.6) is 0 Å². The molecule has 31 N–H and O–H groups in total. The number of aliphatic imine (C=N–C) groups is 3. The fraction of sp³-hybridized carbons (Fsp3) is 0.529. The average molecular weight is 1740 g/mol. The lowest BCUT2D eigenvalue weighted by atomic mass is 10.0. The van der Waals surface area contributed by atoms with E-state index in [1.165, 1.54) is 12.1 Å². The second-order valence-electron chi connectivity index (χ2n) is 28.6. The number of guanidine groups is 6. The molecular formula is C70H109N37O17. The molecule has 0 aliphatic carbocycles. The van der Waals surface area contributed by atoms with Gasteiger partial charge in [-0.1, -0.05) is 23.4 Å². The van der Waals surface area contributed by atoms with Crippen LogP contribution < -0.4 is 105 Å². The third kappa shape index (κ3) is 37.0. The number of nitrogens with one attached hydrogen (secondary N) is 9. The normalized spacial score (nSPS) is 16.1. The molecule has 7 rings (SSSR count). The maximum absolute atomic E-state index is 15.1. The molecule has 124 heavy (non-hydrogen) atoms. The molecule has 1 aromatic carbocycles.